The second-order valence-corrected chi connectivity index (χ2v) is 8.56. The van der Waals surface area contributed by atoms with Gasteiger partial charge in [0.2, 0.25) is 5.95 Å². The van der Waals surface area contributed by atoms with Gasteiger partial charge in [-0.1, -0.05) is 19.1 Å². The van der Waals surface area contributed by atoms with Crippen molar-refractivity contribution in [2.24, 2.45) is 13.0 Å². The van der Waals surface area contributed by atoms with Crippen LogP contribution in [0.3, 0.4) is 0 Å². The Labute approximate surface area is 197 Å². The first-order valence-electron chi connectivity index (χ1n) is 11.2. The van der Waals surface area contributed by atoms with Gasteiger partial charge in [0, 0.05) is 49.2 Å². The second-order valence-electron chi connectivity index (χ2n) is 8.56. The van der Waals surface area contributed by atoms with Crippen LogP contribution in [-0.4, -0.2) is 33.0 Å². The van der Waals surface area contributed by atoms with Crippen LogP contribution in [0.2, 0.25) is 0 Å². The van der Waals surface area contributed by atoms with Gasteiger partial charge in [0.25, 0.3) is 0 Å². The number of hydrogen-bond donors (Lipinski definition) is 1. The van der Waals surface area contributed by atoms with Gasteiger partial charge in [0.1, 0.15) is 0 Å². The summed E-state index contributed by atoms with van der Waals surface area (Å²) in [4.78, 5) is 27.9. The summed E-state index contributed by atoms with van der Waals surface area (Å²) in [5, 5.41) is 18.5. The van der Waals surface area contributed by atoms with E-state index in [2.05, 4.69) is 11.1 Å². The number of halogens is 1. The Balaban J connectivity index is 1.67. The number of ketones is 1. The third kappa shape index (κ3) is 6.27. The maximum Gasteiger partial charge on any atom is 0.303 e. The Morgan fingerprint density at radius 1 is 1.26 bits per heavy atom. The lowest BCUT2D eigenvalue weighted by molar-refractivity contribution is -0.137. The number of carbonyl (C=O) groups excluding carboxylic acids is 1. The zero-order valence-electron chi connectivity index (χ0n) is 19.4. The van der Waals surface area contributed by atoms with Crippen LogP contribution in [0.5, 0.6) is 0 Å². The van der Waals surface area contributed by atoms with Gasteiger partial charge in [-0.05, 0) is 42.9 Å². The first-order valence-corrected chi connectivity index (χ1v) is 11.2. The standard InChI is InChI=1S/C26H28FN3O4/c1-17(11-25(32)33)10-23(31)26-20-13-24(27)29-15-22(20)30(2)21(26)8-3-4-9-34-16-19-7-5-6-18(12-19)14-28/h5-7,12-13,15,17H,3-4,8-11,16H2,1-2H3,(H,32,33)/t17-/m0/s1. The van der Waals surface area contributed by atoms with Gasteiger partial charge >= 0.3 is 5.97 Å². The number of hydrogen-bond acceptors (Lipinski definition) is 5. The first kappa shape index (κ1) is 25.1. The van der Waals surface area contributed by atoms with Crippen molar-refractivity contribution in [1.29, 1.82) is 5.26 Å². The molecule has 2 aromatic heterocycles. The smallest absolute Gasteiger partial charge is 0.303 e. The van der Waals surface area contributed by atoms with E-state index in [4.69, 9.17) is 15.1 Å². The average Bonchev–Trinajstić information content (AvgIpc) is 3.06. The third-order valence-electron chi connectivity index (χ3n) is 5.79. The predicted octanol–water partition coefficient (Wildman–Crippen LogP) is 4.81. The highest BCUT2D eigenvalue weighted by molar-refractivity contribution is 6.09. The van der Waals surface area contributed by atoms with Gasteiger partial charge in [0.15, 0.2) is 5.78 Å². The SMILES string of the molecule is C[C@H](CC(=O)O)CC(=O)c1c(CCCCOCc2cccc(C#N)c2)n(C)c2cnc(F)cc12. The van der Waals surface area contributed by atoms with Crippen LogP contribution in [0.1, 0.15) is 59.8 Å². The molecular weight excluding hydrogens is 437 g/mol. The molecule has 0 aliphatic carbocycles. The average molecular weight is 466 g/mol. The van der Waals surface area contributed by atoms with E-state index >= 15 is 0 Å². The van der Waals surface area contributed by atoms with Gasteiger partial charge in [0.05, 0.1) is 30.0 Å². The van der Waals surface area contributed by atoms with Crippen molar-refractivity contribution in [2.75, 3.05) is 6.61 Å². The number of Topliss-reactive ketones (excluding diaryl/α,β-unsaturated/α-hetero) is 1. The van der Waals surface area contributed by atoms with Crippen molar-refractivity contribution in [3.8, 4) is 6.07 Å². The van der Waals surface area contributed by atoms with E-state index < -0.39 is 11.9 Å². The predicted molar refractivity (Wildman–Crippen MR) is 125 cm³/mol. The van der Waals surface area contributed by atoms with Crippen LogP contribution in [0.4, 0.5) is 4.39 Å². The van der Waals surface area contributed by atoms with Gasteiger partial charge in [-0.15, -0.1) is 0 Å². The molecular formula is C26H28FN3O4. The van der Waals surface area contributed by atoms with E-state index in [0.717, 1.165) is 24.1 Å². The molecule has 0 saturated heterocycles. The number of carboxylic acids is 1. The minimum atomic E-state index is -0.951. The zero-order valence-corrected chi connectivity index (χ0v) is 19.4. The Kier molecular flexibility index (Phi) is 8.50. The minimum Gasteiger partial charge on any atom is -0.481 e. The lowest BCUT2D eigenvalue weighted by Crippen LogP contribution is -2.12. The zero-order chi connectivity index (χ0) is 24.7. The summed E-state index contributed by atoms with van der Waals surface area (Å²) in [5.41, 5.74) is 3.43. The molecule has 0 saturated carbocycles. The summed E-state index contributed by atoms with van der Waals surface area (Å²) in [6, 6.07) is 10.7. The lowest BCUT2D eigenvalue weighted by Gasteiger charge is -2.11. The van der Waals surface area contributed by atoms with Crippen molar-refractivity contribution >= 4 is 22.7 Å². The largest absolute Gasteiger partial charge is 0.481 e. The van der Waals surface area contributed by atoms with Gasteiger partial charge in [-0.3, -0.25) is 9.59 Å². The van der Waals surface area contributed by atoms with E-state index in [9.17, 15) is 14.0 Å². The molecule has 0 aliphatic rings. The maximum absolute atomic E-state index is 13.9. The number of unbranched alkanes of at least 4 members (excludes halogenated alkanes) is 1. The number of aryl methyl sites for hydroxylation is 1. The van der Waals surface area contributed by atoms with Crippen LogP contribution in [-0.2, 0) is 29.6 Å². The summed E-state index contributed by atoms with van der Waals surface area (Å²) in [7, 11) is 1.83. The normalized spacial score (nSPS) is 11.9. The van der Waals surface area contributed by atoms with Crippen molar-refractivity contribution in [3.05, 3.63) is 64.9 Å². The molecule has 1 atom stereocenters. The Bertz CT molecular complexity index is 1230. The molecule has 178 valence electrons. The number of carboxylic acid groups (broad SMARTS) is 1. The molecule has 1 aromatic carbocycles. The van der Waals surface area contributed by atoms with Crippen molar-refractivity contribution in [3.63, 3.8) is 0 Å². The third-order valence-corrected chi connectivity index (χ3v) is 5.79. The molecule has 0 fully saturated rings. The number of nitrogens with zero attached hydrogens (tertiary/aromatic N) is 3. The first-order chi connectivity index (χ1) is 16.3. The van der Waals surface area contributed by atoms with E-state index in [1.807, 2.05) is 23.7 Å². The molecule has 3 aromatic rings. The summed E-state index contributed by atoms with van der Waals surface area (Å²) in [6.07, 6.45) is 3.50. The quantitative estimate of drug-likeness (QED) is 0.234. The Hall–Kier alpha value is -3.57. The fraction of sp³-hybridized carbons (Fsp3) is 0.385. The molecule has 8 heteroatoms. The molecule has 3 rings (SSSR count). The molecule has 0 aliphatic heterocycles. The number of aromatic nitrogens is 2. The Morgan fingerprint density at radius 3 is 2.79 bits per heavy atom. The van der Waals surface area contributed by atoms with Gasteiger partial charge in [-0.2, -0.15) is 9.65 Å². The maximum atomic E-state index is 13.9. The lowest BCUT2D eigenvalue weighted by atomic mass is 9.94. The molecule has 0 bridgehead atoms. The van der Waals surface area contributed by atoms with E-state index in [0.29, 0.717) is 41.7 Å². The van der Waals surface area contributed by atoms with Gasteiger partial charge < -0.3 is 14.4 Å². The molecule has 0 spiro atoms. The molecule has 1 N–H and O–H groups in total. The van der Waals surface area contributed by atoms with Crippen molar-refractivity contribution in [2.45, 2.75) is 45.6 Å². The second kappa shape index (κ2) is 11.5. The Morgan fingerprint density at radius 2 is 2.06 bits per heavy atom. The highest BCUT2D eigenvalue weighted by Crippen LogP contribution is 2.29. The molecule has 7 nitrogen and oxygen atoms in total. The molecule has 34 heavy (non-hydrogen) atoms. The van der Waals surface area contributed by atoms with Crippen LogP contribution in [0.25, 0.3) is 10.9 Å². The molecule has 0 radical (unpaired) electrons. The molecule has 0 unspecified atom stereocenters. The van der Waals surface area contributed by atoms with E-state index in [1.54, 1.807) is 19.1 Å². The van der Waals surface area contributed by atoms with Crippen LogP contribution >= 0.6 is 0 Å². The molecule has 2 heterocycles. The number of ether oxygens (including phenoxy) is 1. The number of fused-ring (bicyclic) bond motifs is 1. The monoisotopic (exact) mass is 465 g/mol. The number of pyridine rings is 1. The van der Waals surface area contributed by atoms with Crippen LogP contribution < -0.4 is 0 Å². The fourth-order valence-electron chi connectivity index (χ4n) is 4.17. The number of nitriles is 1. The van der Waals surface area contributed by atoms with Crippen molar-refractivity contribution in [1.82, 2.24) is 9.55 Å². The molecule has 0 amide bonds. The topological polar surface area (TPSA) is 105 Å². The summed E-state index contributed by atoms with van der Waals surface area (Å²) in [5.74, 6) is -2.12. The van der Waals surface area contributed by atoms with Crippen molar-refractivity contribution < 1.29 is 23.8 Å². The van der Waals surface area contributed by atoms with Crippen LogP contribution in [0.15, 0.2) is 36.5 Å². The number of benzene rings is 1. The number of rotatable bonds is 12. The number of aliphatic carboxylic acids is 1. The van der Waals surface area contributed by atoms with E-state index in [-0.39, 0.29) is 24.5 Å². The minimum absolute atomic E-state index is 0.0766. The van der Waals surface area contributed by atoms with Gasteiger partial charge in [-0.25, -0.2) is 4.98 Å². The van der Waals surface area contributed by atoms with Crippen LogP contribution in [0, 0.1) is 23.2 Å². The highest BCUT2D eigenvalue weighted by atomic mass is 19.1. The summed E-state index contributed by atoms with van der Waals surface area (Å²) >= 11 is 0. The number of carbonyl (C=O) groups is 2. The summed E-state index contributed by atoms with van der Waals surface area (Å²) < 4.78 is 21.5. The fourth-order valence-corrected chi connectivity index (χ4v) is 4.17. The van der Waals surface area contributed by atoms with E-state index in [1.165, 1.54) is 12.3 Å². The summed E-state index contributed by atoms with van der Waals surface area (Å²) in [6.45, 7) is 2.66. The highest BCUT2D eigenvalue weighted by Gasteiger charge is 2.23.